The molecule has 0 unspecified atom stereocenters. The molecule has 4 heteroatoms. The van der Waals surface area contributed by atoms with E-state index in [1.54, 1.807) is 6.08 Å². The number of hydrogen-bond acceptors (Lipinski definition) is 2. The first-order chi connectivity index (χ1) is 5.20. The van der Waals surface area contributed by atoms with Crippen LogP contribution in [-0.2, 0) is 4.79 Å². The largest absolute Gasteiger partial charge is 0.475 e. The summed E-state index contributed by atoms with van der Waals surface area (Å²) in [6.07, 6.45) is 6.09. The SMILES string of the molecule is NC(=NC1=CC=CC1)C(=O)O. The molecule has 0 saturated heterocycles. The van der Waals surface area contributed by atoms with Crippen molar-refractivity contribution in [1.29, 1.82) is 0 Å². The first-order valence-corrected chi connectivity index (χ1v) is 3.13. The highest BCUT2D eigenvalue weighted by Crippen LogP contribution is 2.10. The van der Waals surface area contributed by atoms with Crippen molar-refractivity contribution in [2.45, 2.75) is 6.42 Å². The summed E-state index contributed by atoms with van der Waals surface area (Å²) < 4.78 is 0. The summed E-state index contributed by atoms with van der Waals surface area (Å²) >= 11 is 0. The molecule has 3 N–H and O–H groups in total. The second kappa shape index (κ2) is 3.01. The Labute approximate surface area is 63.7 Å². The van der Waals surface area contributed by atoms with E-state index < -0.39 is 5.97 Å². The Hall–Kier alpha value is -1.58. The molecule has 0 atom stereocenters. The van der Waals surface area contributed by atoms with Crippen molar-refractivity contribution in [3.05, 3.63) is 23.9 Å². The number of rotatable bonds is 1. The van der Waals surface area contributed by atoms with Gasteiger partial charge in [0.25, 0.3) is 0 Å². The maximum atomic E-state index is 10.2. The van der Waals surface area contributed by atoms with Crippen LogP contribution in [0.2, 0.25) is 0 Å². The Bertz CT molecular complexity index is 264. The van der Waals surface area contributed by atoms with Gasteiger partial charge in [0.1, 0.15) is 0 Å². The van der Waals surface area contributed by atoms with Crippen molar-refractivity contribution >= 4 is 11.8 Å². The maximum absolute atomic E-state index is 10.2. The minimum Gasteiger partial charge on any atom is -0.475 e. The summed E-state index contributed by atoms with van der Waals surface area (Å²) in [5.74, 6) is -1.54. The Morgan fingerprint density at radius 2 is 2.45 bits per heavy atom. The highest BCUT2D eigenvalue weighted by atomic mass is 16.4. The zero-order valence-electron chi connectivity index (χ0n) is 5.82. The molecule has 0 aliphatic heterocycles. The van der Waals surface area contributed by atoms with Crippen LogP contribution < -0.4 is 5.73 Å². The Balaban J connectivity index is 2.66. The van der Waals surface area contributed by atoms with Gasteiger partial charge < -0.3 is 10.8 Å². The van der Waals surface area contributed by atoms with Crippen LogP contribution in [0, 0.1) is 0 Å². The third-order valence-electron chi connectivity index (χ3n) is 1.23. The zero-order chi connectivity index (χ0) is 8.27. The number of amidine groups is 1. The molecule has 0 bridgehead atoms. The van der Waals surface area contributed by atoms with Gasteiger partial charge in [0.15, 0.2) is 0 Å². The fourth-order valence-electron chi connectivity index (χ4n) is 0.721. The predicted molar refractivity (Wildman–Crippen MR) is 41.1 cm³/mol. The zero-order valence-corrected chi connectivity index (χ0v) is 5.82. The third-order valence-corrected chi connectivity index (χ3v) is 1.23. The standard InChI is InChI=1S/C7H8N2O2/c8-6(7(10)11)9-5-3-1-2-4-5/h1-3H,4H2,(H2,8,9)(H,10,11). The summed E-state index contributed by atoms with van der Waals surface area (Å²) in [7, 11) is 0. The molecular weight excluding hydrogens is 144 g/mol. The number of aliphatic carboxylic acids is 1. The van der Waals surface area contributed by atoms with Gasteiger partial charge in [-0.15, -0.1) is 0 Å². The van der Waals surface area contributed by atoms with E-state index in [0.29, 0.717) is 12.1 Å². The average molecular weight is 152 g/mol. The quantitative estimate of drug-likeness (QED) is 0.418. The number of allylic oxidation sites excluding steroid dienone is 3. The Morgan fingerprint density at radius 3 is 2.91 bits per heavy atom. The minimum absolute atomic E-state index is 0.361. The molecule has 0 heterocycles. The van der Waals surface area contributed by atoms with E-state index in [2.05, 4.69) is 4.99 Å². The predicted octanol–water partition coefficient (Wildman–Crippen LogP) is 0.272. The van der Waals surface area contributed by atoms with Crippen LogP contribution in [0.25, 0.3) is 0 Å². The first kappa shape index (κ1) is 7.53. The lowest BCUT2D eigenvalue weighted by molar-refractivity contribution is -0.129. The molecule has 11 heavy (non-hydrogen) atoms. The smallest absolute Gasteiger partial charge is 0.371 e. The Kier molecular flexibility index (Phi) is 2.06. The van der Waals surface area contributed by atoms with Crippen LogP contribution in [-0.4, -0.2) is 16.9 Å². The van der Waals surface area contributed by atoms with Crippen molar-refractivity contribution in [1.82, 2.24) is 0 Å². The lowest BCUT2D eigenvalue weighted by Crippen LogP contribution is -2.22. The molecular formula is C7H8N2O2. The van der Waals surface area contributed by atoms with Crippen LogP contribution in [0.15, 0.2) is 28.9 Å². The monoisotopic (exact) mass is 152 g/mol. The normalized spacial score (nSPS) is 16.7. The summed E-state index contributed by atoms with van der Waals surface area (Å²) in [6, 6.07) is 0. The van der Waals surface area contributed by atoms with Gasteiger partial charge in [0.05, 0.1) is 0 Å². The lowest BCUT2D eigenvalue weighted by atomic mass is 10.4. The molecule has 0 spiro atoms. The summed E-state index contributed by atoms with van der Waals surface area (Å²) in [5.41, 5.74) is 5.76. The van der Waals surface area contributed by atoms with Gasteiger partial charge >= 0.3 is 5.97 Å². The van der Waals surface area contributed by atoms with E-state index >= 15 is 0 Å². The highest BCUT2D eigenvalue weighted by Gasteiger charge is 2.04. The van der Waals surface area contributed by atoms with E-state index in [1.807, 2.05) is 12.2 Å². The number of carbonyl (C=O) groups is 1. The second-order valence-corrected chi connectivity index (χ2v) is 2.09. The molecule has 0 aromatic heterocycles. The molecule has 1 aliphatic carbocycles. The van der Waals surface area contributed by atoms with Crippen LogP contribution in [0.4, 0.5) is 0 Å². The lowest BCUT2D eigenvalue weighted by Gasteiger charge is -1.93. The van der Waals surface area contributed by atoms with E-state index in [0.717, 1.165) is 0 Å². The van der Waals surface area contributed by atoms with Crippen molar-refractivity contribution < 1.29 is 9.90 Å². The van der Waals surface area contributed by atoms with Crippen LogP contribution in [0.5, 0.6) is 0 Å². The number of carboxylic acid groups (broad SMARTS) is 1. The summed E-state index contributed by atoms with van der Waals surface area (Å²) in [4.78, 5) is 13.9. The highest BCUT2D eigenvalue weighted by molar-refractivity contribution is 6.34. The fourth-order valence-corrected chi connectivity index (χ4v) is 0.721. The molecule has 1 aliphatic rings. The molecule has 0 aromatic rings. The van der Waals surface area contributed by atoms with E-state index in [-0.39, 0.29) is 5.84 Å². The molecule has 58 valence electrons. The van der Waals surface area contributed by atoms with E-state index in [9.17, 15) is 4.79 Å². The molecule has 1 rings (SSSR count). The van der Waals surface area contributed by atoms with Crippen LogP contribution in [0.3, 0.4) is 0 Å². The van der Waals surface area contributed by atoms with E-state index in [1.165, 1.54) is 0 Å². The molecule has 0 fully saturated rings. The molecule has 0 amide bonds. The van der Waals surface area contributed by atoms with Crippen molar-refractivity contribution in [3.8, 4) is 0 Å². The van der Waals surface area contributed by atoms with Crippen molar-refractivity contribution in [2.75, 3.05) is 0 Å². The van der Waals surface area contributed by atoms with Gasteiger partial charge in [-0.05, 0) is 6.08 Å². The van der Waals surface area contributed by atoms with Gasteiger partial charge in [-0.3, -0.25) is 0 Å². The van der Waals surface area contributed by atoms with Crippen molar-refractivity contribution in [2.24, 2.45) is 10.7 Å². The van der Waals surface area contributed by atoms with Gasteiger partial charge in [0.2, 0.25) is 5.84 Å². The van der Waals surface area contributed by atoms with Gasteiger partial charge in [-0.25, -0.2) is 9.79 Å². The van der Waals surface area contributed by atoms with Gasteiger partial charge in [0, 0.05) is 12.1 Å². The molecule has 4 nitrogen and oxygen atoms in total. The minimum atomic E-state index is -1.18. The topological polar surface area (TPSA) is 75.7 Å². The summed E-state index contributed by atoms with van der Waals surface area (Å²) in [5, 5.41) is 8.34. The molecule has 0 radical (unpaired) electrons. The number of hydrogen-bond donors (Lipinski definition) is 2. The second-order valence-electron chi connectivity index (χ2n) is 2.09. The van der Waals surface area contributed by atoms with E-state index in [4.69, 9.17) is 10.8 Å². The maximum Gasteiger partial charge on any atom is 0.371 e. The average Bonchev–Trinajstić information content (AvgIpc) is 2.39. The van der Waals surface area contributed by atoms with Gasteiger partial charge in [-0.1, -0.05) is 12.2 Å². The van der Waals surface area contributed by atoms with Gasteiger partial charge in [-0.2, -0.15) is 0 Å². The first-order valence-electron chi connectivity index (χ1n) is 3.13. The Morgan fingerprint density at radius 1 is 1.73 bits per heavy atom. The van der Waals surface area contributed by atoms with Crippen molar-refractivity contribution in [3.63, 3.8) is 0 Å². The van der Waals surface area contributed by atoms with Crippen LogP contribution >= 0.6 is 0 Å². The molecule has 0 saturated carbocycles. The fraction of sp³-hybridized carbons (Fsp3) is 0.143. The summed E-state index contributed by atoms with van der Waals surface area (Å²) in [6.45, 7) is 0. The van der Waals surface area contributed by atoms with Crippen LogP contribution in [0.1, 0.15) is 6.42 Å². The number of nitrogens with two attached hydrogens (primary N) is 1. The number of aliphatic imine (C=N–C) groups is 1. The number of nitrogens with zero attached hydrogens (tertiary/aromatic N) is 1. The third kappa shape index (κ3) is 1.93. The molecule has 0 aromatic carbocycles. The number of carboxylic acids is 1.